The summed E-state index contributed by atoms with van der Waals surface area (Å²) in [6.45, 7) is 0. The van der Waals surface area contributed by atoms with Gasteiger partial charge in [0.15, 0.2) is 0 Å². The molecule has 0 spiro atoms. The third kappa shape index (κ3) is 3.02. The summed E-state index contributed by atoms with van der Waals surface area (Å²) in [5, 5.41) is 1.23. The molecular formula is C13H10Cl3FN2. The van der Waals surface area contributed by atoms with E-state index in [1.807, 2.05) is 0 Å². The van der Waals surface area contributed by atoms with Crippen molar-refractivity contribution < 1.29 is 4.39 Å². The first kappa shape index (κ1) is 14.6. The Labute approximate surface area is 125 Å². The molecule has 1 atom stereocenters. The van der Waals surface area contributed by atoms with Crippen molar-refractivity contribution in [1.82, 2.24) is 5.43 Å². The van der Waals surface area contributed by atoms with Crippen LogP contribution in [0.1, 0.15) is 17.2 Å². The molecule has 0 aliphatic carbocycles. The van der Waals surface area contributed by atoms with Crippen LogP contribution < -0.4 is 11.3 Å². The van der Waals surface area contributed by atoms with Gasteiger partial charge in [-0.3, -0.25) is 5.84 Å². The van der Waals surface area contributed by atoms with E-state index in [0.29, 0.717) is 26.2 Å². The van der Waals surface area contributed by atoms with Gasteiger partial charge in [0.25, 0.3) is 0 Å². The molecule has 2 aromatic rings. The average molecular weight is 320 g/mol. The monoisotopic (exact) mass is 318 g/mol. The van der Waals surface area contributed by atoms with Crippen molar-refractivity contribution in [2.45, 2.75) is 6.04 Å². The average Bonchev–Trinajstić information content (AvgIpc) is 2.37. The highest BCUT2D eigenvalue weighted by Gasteiger charge is 2.21. The normalized spacial score (nSPS) is 12.5. The van der Waals surface area contributed by atoms with Crippen LogP contribution in [0.3, 0.4) is 0 Å². The minimum absolute atomic E-state index is 0.375. The quantitative estimate of drug-likeness (QED) is 0.652. The molecular weight excluding hydrogens is 310 g/mol. The highest BCUT2D eigenvalue weighted by molar-refractivity contribution is 6.36. The highest BCUT2D eigenvalue weighted by Crippen LogP contribution is 2.36. The molecule has 0 radical (unpaired) electrons. The van der Waals surface area contributed by atoms with E-state index in [1.165, 1.54) is 18.2 Å². The summed E-state index contributed by atoms with van der Waals surface area (Å²) in [6, 6.07) is 8.51. The number of nitrogens with one attached hydrogen (secondary N) is 1. The first-order chi connectivity index (χ1) is 9.04. The lowest BCUT2D eigenvalue weighted by atomic mass is 9.99. The van der Waals surface area contributed by atoms with Crippen molar-refractivity contribution in [3.05, 3.63) is 68.4 Å². The summed E-state index contributed by atoms with van der Waals surface area (Å²) >= 11 is 18.3. The van der Waals surface area contributed by atoms with Gasteiger partial charge in [-0.15, -0.1) is 0 Å². The van der Waals surface area contributed by atoms with Crippen molar-refractivity contribution in [2.75, 3.05) is 0 Å². The largest absolute Gasteiger partial charge is 0.271 e. The lowest BCUT2D eigenvalue weighted by molar-refractivity contribution is 0.605. The predicted molar refractivity (Wildman–Crippen MR) is 77.0 cm³/mol. The van der Waals surface area contributed by atoms with E-state index in [0.717, 1.165) is 0 Å². The molecule has 0 aliphatic heterocycles. The highest BCUT2D eigenvalue weighted by atomic mass is 35.5. The second kappa shape index (κ2) is 6.07. The molecule has 0 heterocycles. The zero-order valence-corrected chi connectivity index (χ0v) is 11.9. The second-order valence-electron chi connectivity index (χ2n) is 3.90. The number of nitrogens with two attached hydrogens (primary N) is 1. The van der Waals surface area contributed by atoms with Gasteiger partial charge in [-0.2, -0.15) is 0 Å². The van der Waals surface area contributed by atoms with Crippen LogP contribution in [0.2, 0.25) is 15.1 Å². The number of halogens is 4. The lowest BCUT2D eigenvalue weighted by Crippen LogP contribution is -2.29. The van der Waals surface area contributed by atoms with Crippen molar-refractivity contribution in [3.63, 3.8) is 0 Å². The Morgan fingerprint density at radius 1 is 1.00 bits per heavy atom. The van der Waals surface area contributed by atoms with E-state index in [-0.39, 0.29) is 0 Å². The van der Waals surface area contributed by atoms with Crippen molar-refractivity contribution in [1.29, 1.82) is 0 Å². The molecule has 2 nitrogen and oxygen atoms in total. The molecule has 0 saturated carbocycles. The van der Waals surface area contributed by atoms with E-state index in [2.05, 4.69) is 5.43 Å². The fourth-order valence-corrected chi connectivity index (χ4v) is 2.69. The second-order valence-corrected chi connectivity index (χ2v) is 5.12. The first-order valence-corrected chi connectivity index (χ1v) is 6.53. The fourth-order valence-electron chi connectivity index (χ4n) is 1.85. The molecule has 0 amide bonds. The third-order valence-electron chi connectivity index (χ3n) is 2.72. The Bertz CT molecular complexity index is 584. The van der Waals surface area contributed by atoms with Crippen LogP contribution in [0, 0.1) is 5.82 Å². The van der Waals surface area contributed by atoms with E-state index in [4.69, 9.17) is 40.6 Å². The standard InChI is InChI=1S/C13H10Cl3FN2/c14-9-5-4-7(17)6-8(9)13(19-18)12-10(15)2-1-3-11(12)16/h1-6,13,19H,18H2. The van der Waals surface area contributed by atoms with Crippen molar-refractivity contribution in [3.8, 4) is 0 Å². The van der Waals surface area contributed by atoms with Gasteiger partial charge in [-0.1, -0.05) is 40.9 Å². The summed E-state index contributed by atoms with van der Waals surface area (Å²) in [4.78, 5) is 0. The lowest BCUT2D eigenvalue weighted by Gasteiger charge is -2.20. The molecule has 2 rings (SSSR count). The minimum atomic E-state index is -0.593. The smallest absolute Gasteiger partial charge is 0.123 e. The SMILES string of the molecule is NNC(c1cc(F)ccc1Cl)c1c(Cl)cccc1Cl. The van der Waals surface area contributed by atoms with Gasteiger partial charge in [0.2, 0.25) is 0 Å². The zero-order chi connectivity index (χ0) is 14.0. The van der Waals surface area contributed by atoms with Crippen LogP contribution >= 0.6 is 34.8 Å². The Morgan fingerprint density at radius 2 is 1.63 bits per heavy atom. The van der Waals surface area contributed by atoms with Gasteiger partial charge in [-0.25, -0.2) is 9.82 Å². The number of benzene rings is 2. The summed E-state index contributed by atoms with van der Waals surface area (Å²) < 4.78 is 13.4. The van der Waals surface area contributed by atoms with Gasteiger partial charge < -0.3 is 0 Å². The number of hydrogen-bond acceptors (Lipinski definition) is 2. The fraction of sp³-hybridized carbons (Fsp3) is 0.0769. The maximum Gasteiger partial charge on any atom is 0.123 e. The molecule has 0 aliphatic rings. The van der Waals surface area contributed by atoms with E-state index in [9.17, 15) is 4.39 Å². The van der Waals surface area contributed by atoms with E-state index < -0.39 is 11.9 Å². The molecule has 19 heavy (non-hydrogen) atoms. The summed E-state index contributed by atoms with van der Waals surface area (Å²) in [6.07, 6.45) is 0. The van der Waals surface area contributed by atoms with Gasteiger partial charge in [0.1, 0.15) is 5.82 Å². The van der Waals surface area contributed by atoms with Crippen molar-refractivity contribution in [2.24, 2.45) is 5.84 Å². The van der Waals surface area contributed by atoms with Gasteiger partial charge in [0.05, 0.1) is 6.04 Å². The van der Waals surface area contributed by atoms with Gasteiger partial charge in [-0.05, 0) is 35.9 Å². The molecule has 0 fully saturated rings. The molecule has 6 heteroatoms. The Balaban J connectivity index is 2.59. The van der Waals surface area contributed by atoms with Crippen LogP contribution in [0.15, 0.2) is 36.4 Å². The summed E-state index contributed by atoms with van der Waals surface area (Å²) in [7, 11) is 0. The molecule has 0 aromatic heterocycles. The Hall–Kier alpha value is -0.840. The Morgan fingerprint density at radius 3 is 2.21 bits per heavy atom. The predicted octanol–water partition coefficient (Wildman–Crippen LogP) is 4.34. The molecule has 0 bridgehead atoms. The first-order valence-electron chi connectivity index (χ1n) is 5.39. The Kier molecular flexibility index (Phi) is 4.66. The topological polar surface area (TPSA) is 38.0 Å². The van der Waals surface area contributed by atoms with Crippen molar-refractivity contribution >= 4 is 34.8 Å². The van der Waals surface area contributed by atoms with Crippen LogP contribution in [0.4, 0.5) is 4.39 Å². The molecule has 2 aromatic carbocycles. The molecule has 100 valence electrons. The van der Waals surface area contributed by atoms with Gasteiger partial charge in [0, 0.05) is 20.6 Å². The van der Waals surface area contributed by atoms with Gasteiger partial charge >= 0.3 is 0 Å². The maximum atomic E-state index is 13.4. The van der Waals surface area contributed by atoms with E-state index >= 15 is 0 Å². The third-order valence-corrected chi connectivity index (χ3v) is 3.73. The summed E-state index contributed by atoms with van der Waals surface area (Å²) in [5.74, 6) is 5.13. The maximum absolute atomic E-state index is 13.4. The van der Waals surface area contributed by atoms with Crippen LogP contribution in [-0.2, 0) is 0 Å². The zero-order valence-electron chi connectivity index (χ0n) is 9.63. The number of rotatable bonds is 3. The number of hydrogen-bond donors (Lipinski definition) is 2. The minimum Gasteiger partial charge on any atom is -0.271 e. The molecule has 3 N–H and O–H groups in total. The summed E-state index contributed by atoms with van der Waals surface area (Å²) in [5.41, 5.74) is 3.59. The van der Waals surface area contributed by atoms with Crippen LogP contribution in [-0.4, -0.2) is 0 Å². The van der Waals surface area contributed by atoms with E-state index in [1.54, 1.807) is 18.2 Å². The molecule has 0 saturated heterocycles. The molecule has 1 unspecified atom stereocenters. The van der Waals surface area contributed by atoms with Crippen LogP contribution in [0.25, 0.3) is 0 Å². The number of hydrazine groups is 1. The van der Waals surface area contributed by atoms with Crippen LogP contribution in [0.5, 0.6) is 0 Å².